The minimum atomic E-state index is -0.0523. The van der Waals surface area contributed by atoms with Crippen LogP contribution in [0.1, 0.15) is 26.3 Å². The van der Waals surface area contributed by atoms with Gasteiger partial charge in [0.1, 0.15) is 5.75 Å². The molecular formula is C16H27ClN2O2. The van der Waals surface area contributed by atoms with E-state index in [1.165, 1.54) is 0 Å². The fourth-order valence-electron chi connectivity index (χ4n) is 1.97. The van der Waals surface area contributed by atoms with E-state index in [9.17, 15) is 4.79 Å². The van der Waals surface area contributed by atoms with Crippen LogP contribution in [0.3, 0.4) is 0 Å². The van der Waals surface area contributed by atoms with Gasteiger partial charge >= 0.3 is 0 Å². The molecule has 4 nitrogen and oxygen atoms in total. The van der Waals surface area contributed by atoms with Gasteiger partial charge in [-0.3, -0.25) is 4.79 Å². The quantitative estimate of drug-likeness (QED) is 0.841. The normalized spacial score (nSPS) is 10.7. The van der Waals surface area contributed by atoms with Crippen LogP contribution in [0, 0.1) is 5.41 Å². The SMILES string of the molecule is CCOc1ccc(CC(=O)N(C)CC(C)(C)CN)cc1.Cl. The van der Waals surface area contributed by atoms with Gasteiger partial charge in [0, 0.05) is 13.6 Å². The van der Waals surface area contributed by atoms with E-state index in [0.29, 0.717) is 26.1 Å². The molecule has 0 bridgehead atoms. The molecule has 0 aliphatic heterocycles. The van der Waals surface area contributed by atoms with Crippen LogP contribution in [0.5, 0.6) is 5.75 Å². The Morgan fingerprint density at radius 3 is 2.33 bits per heavy atom. The molecule has 1 amide bonds. The number of ether oxygens (including phenoxy) is 1. The Labute approximate surface area is 134 Å². The van der Waals surface area contributed by atoms with Gasteiger partial charge in [-0.25, -0.2) is 0 Å². The van der Waals surface area contributed by atoms with Gasteiger partial charge < -0.3 is 15.4 Å². The lowest BCUT2D eigenvalue weighted by Crippen LogP contribution is -2.40. The van der Waals surface area contributed by atoms with Crippen molar-refractivity contribution in [1.29, 1.82) is 0 Å². The standard InChI is InChI=1S/C16H26N2O2.ClH/c1-5-20-14-8-6-13(7-9-14)10-15(19)18(4)12-16(2,3)11-17;/h6-9H,5,10-12,17H2,1-4H3;1H. The number of carbonyl (C=O) groups excluding carboxylic acids is 1. The minimum absolute atomic E-state index is 0. The van der Waals surface area contributed by atoms with Gasteiger partial charge in [0.25, 0.3) is 0 Å². The molecule has 120 valence electrons. The molecule has 0 saturated carbocycles. The van der Waals surface area contributed by atoms with Crippen LogP contribution < -0.4 is 10.5 Å². The van der Waals surface area contributed by atoms with E-state index in [4.69, 9.17) is 10.5 Å². The number of hydrogen-bond donors (Lipinski definition) is 1. The first kappa shape index (κ1) is 19.7. The molecule has 0 radical (unpaired) electrons. The molecule has 5 heteroatoms. The zero-order valence-corrected chi connectivity index (χ0v) is 14.2. The van der Waals surface area contributed by atoms with Crippen LogP contribution in [0.2, 0.25) is 0 Å². The Balaban J connectivity index is 0.00000400. The van der Waals surface area contributed by atoms with Crippen molar-refractivity contribution in [1.82, 2.24) is 4.90 Å². The summed E-state index contributed by atoms with van der Waals surface area (Å²) in [5.74, 6) is 0.942. The second-order valence-corrected chi connectivity index (χ2v) is 5.87. The maximum Gasteiger partial charge on any atom is 0.226 e. The lowest BCUT2D eigenvalue weighted by Gasteiger charge is -2.29. The van der Waals surface area contributed by atoms with Crippen molar-refractivity contribution in [3.8, 4) is 5.75 Å². The van der Waals surface area contributed by atoms with E-state index < -0.39 is 0 Å². The largest absolute Gasteiger partial charge is 0.494 e. The summed E-state index contributed by atoms with van der Waals surface area (Å²) >= 11 is 0. The van der Waals surface area contributed by atoms with Crippen molar-refractivity contribution >= 4 is 18.3 Å². The number of hydrogen-bond acceptors (Lipinski definition) is 3. The summed E-state index contributed by atoms with van der Waals surface area (Å²) in [7, 11) is 1.83. The Morgan fingerprint density at radius 1 is 1.29 bits per heavy atom. The third kappa shape index (κ3) is 6.82. The third-order valence-electron chi connectivity index (χ3n) is 3.23. The van der Waals surface area contributed by atoms with Crippen LogP contribution in [0.25, 0.3) is 0 Å². The summed E-state index contributed by atoms with van der Waals surface area (Å²) in [6.45, 7) is 7.95. The highest BCUT2D eigenvalue weighted by molar-refractivity contribution is 5.85. The summed E-state index contributed by atoms with van der Waals surface area (Å²) in [4.78, 5) is 13.9. The highest BCUT2D eigenvalue weighted by Crippen LogP contribution is 2.16. The molecule has 21 heavy (non-hydrogen) atoms. The molecule has 1 rings (SSSR count). The van der Waals surface area contributed by atoms with Crippen LogP contribution in [-0.2, 0) is 11.2 Å². The Hall–Kier alpha value is -1.26. The summed E-state index contributed by atoms with van der Waals surface area (Å²) in [5.41, 5.74) is 6.64. The maximum absolute atomic E-state index is 12.2. The van der Waals surface area contributed by atoms with Crippen LogP contribution in [0.4, 0.5) is 0 Å². The second kappa shape index (κ2) is 8.90. The predicted octanol–water partition coefficient (Wildman–Crippen LogP) is 2.49. The van der Waals surface area contributed by atoms with E-state index in [1.54, 1.807) is 4.90 Å². The van der Waals surface area contributed by atoms with E-state index in [-0.39, 0.29) is 23.7 Å². The van der Waals surface area contributed by atoms with Gasteiger partial charge in [0.05, 0.1) is 13.0 Å². The van der Waals surface area contributed by atoms with E-state index >= 15 is 0 Å². The van der Waals surface area contributed by atoms with Crippen LogP contribution in [-0.4, -0.2) is 37.6 Å². The van der Waals surface area contributed by atoms with Crippen molar-refractivity contribution in [3.63, 3.8) is 0 Å². The highest BCUT2D eigenvalue weighted by Gasteiger charge is 2.21. The molecule has 1 aromatic carbocycles. The van der Waals surface area contributed by atoms with Gasteiger partial charge in [0.2, 0.25) is 5.91 Å². The minimum Gasteiger partial charge on any atom is -0.494 e. The van der Waals surface area contributed by atoms with E-state index in [0.717, 1.165) is 11.3 Å². The summed E-state index contributed by atoms with van der Waals surface area (Å²) in [6.07, 6.45) is 0.406. The summed E-state index contributed by atoms with van der Waals surface area (Å²) in [6, 6.07) is 7.67. The molecule has 0 fully saturated rings. The Morgan fingerprint density at radius 2 is 1.86 bits per heavy atom. The van der Waals surface area contributed by atoms with Gasteiger partial charge in [-0.05, 0) is 36.6 Å². The van der Waals surface area contributed by atoms with Crippen molar-refractivity contribution in [3.05, 3.63) is 29.8 Å². The molecular weight excluding hydrogens is 288 g/mol. The first-order chi connectivity index (χ1) is 9.38. The zero-order chi connectivity index (χ0) is 15.2. The predicted molar refractivity (Wildman–Crippen MR) is 89.0 cm³/mol. The lowest BCUT2D eigenvalue weighted by atomic mass is 9.93. The summed E-state index contributed by atoms with van der Waals surface area (Å²) < 4.78 is 5.38. The van der Waals surface area contributed by atoms with Crippen molar-refractivity contribution < 1.29 is 9.53 Å². The Kier molecular flexibility index (Phi) is 8.37. The molecule has 0 aliphatic rings. The van der Waals surface area contributed by atoms with Crippen molar-refractivity contribution in [2.45, 2.75) is 27.2 Å². The van der Waals surface area contributed by atoms with Gasteiger partial charge in [-0.1, -0.05) is 26.0 Å². The fourth-order valence-corrected chi connectivity index (χ4v) is 1.97. The first-order valence-corrected chi connectivity index (χ1v) is 7.03. The lowest BCUT2D eigenvalue weighted by molar-refractivity contribution is -0.130. The van der Waals surface area contributed by atoms with Crippen LogP contribution in [0.15, 0.2) is 24.3 Å². The average Bonchev–Trinajstić information content (AvgIpc) is 2.41. The van der Waals surface area contributed by atoms with Crippen LogP contribution >= 0.6 is 12.4 Å². The third-order valence-corrected chi connectivity index (χ3v) is 3.23. The van der Waals surface area contributed by atoms with E-state index in [1.807, 2.05) is 38.2 Å². The number of amides is 1. The average molecular weight is 315 g/mol. The number of benzene rings is 1. The fraction of sp³-hybridized carbons (Fsp3) is 0.562. The molecule has 0 aromatic heterocycles. The number of nitrogens with two attached hydrogens (primary N) is 1. The number of halogens is 1. The van der Waals surface area contributed by atoms with Gasteiger partial charge in [-0.2, -0.15) is 0 Å². The summed E-state index contributed by atoms with van der Waals surface area (Å²) in [5, 5.41) is 0. The topological polar surface area (TPSA) is 55.6 Å². The van der Waals surface area contributed by atoms with Gasteiger partial charge in [0.15, 0.2) is 0 Å². The monoisotopic (exact) mass is 314 g/mol. The van der Waals surface area contributed by atoms with Crippen molar-refractivity contribution in [2.24, 2.45) is 11.1 Å². The van der Waals surface area contributed by atoms with Gasteiger partial charge in [-0.15, -0.1) is 12.4 Å². The first-order valence-electron chi connectivity index (χ1n) is 7.03. The number of carbonyl (C=O) groups is 1. The highest BCUT2D eigenvalue weighted by atomic mass is 35.5. The molecule has 0 saturated heterocycles. The number of likely N-dealkylation sites (N-methyl/N-ethyl adjacent to an activating group) is 1. The Bertz CT molecular complexity index is 432. The molecule has 0 heterocycles. The molecule has 0 spiro atoms. The van der Waals surface area contributed by atoms with Crippen molar-refractivity contribution in [2.75, 3.05) is 26.7 Å². The molecule has 1 aromatic rings. The molecule has 0 unspecified atom stereocenters. The zero-order valence-electron chi connectivity index (χ0n) is 13.4. The van der Waals surface area contributed by atoms with E-state index in [2.05, 4.69) is 13.8 Å². The molecule has 2 N–H and O–H groups in total. The smallest absolute Gasteiger partial charge is 0.226 e. The number of rotatable bonds is 7. The maximum atomic E-state index is 12.2. The number of nitrogens with zero attached hydrogens (tertiary/aromatic N) is 1. The molecule has 0 aliphatic carbocycles. The second-order valence-electron chi connectivity index (χ2n) is 5.87. The molecule has 0 atom stereocenters.